The monoisotopic (exact) mass is 539 g/mol. The van der Waals surface area contributed by atoms with Gasteiger partial charge in [0.25, 0.3) is 0 Å². The molecule has 0 aromatic carbocycles. The van der Waals surface area contributed by atoms with Gasteiger partial charge in [0.2, 0.25) is 5.28 Å². The second-order valence-corrected chi connectivity index (χ2v) is 10.9. The lowest BCUT2D eigenvalue weighted by atomic mass is 10.1. The van der Waals surface area contributed by atoms with E-state index in [1.165, 1.54) is 18.5 Å². The first-order chi connectivity index (χ1) is 17.3. The molecule has 4 N–H and O–H groups in total. The minimum atomic E-state index is -4.13. The van der Waals surface area contributed by atoms with Gasteiger partial charge in [-0.15, -0.1) is 0 Å². The lowest BCUT2D eigenvalue weighted by Gasteiger charge is -2.18. The molecule has 14 heteroatoms. The molecule has 5 atom stereocenters. The SMILES string of the molecule is O=P(O)(COC[C@H]1OC(n2ccc3c(NC4CCCC4)nc(Cl)nc32)[C@H](O)[C@@H]1O)Oc1cccnc1. The predicted molar refractivity (Wildman–Crippen MR) is 130 cm³/mol. The first-order valence-electron chi connectivity index (χ1n) is 11.6. The van der Waals surface area contributed by atoms with Crippen LogP contribution in [0.25, 0.3) is 11.0 Å². The molecule has 1 aliphatic heterocycles. The highest BCUT2D eigenvalue weighted by Gasteiger charge is 2.44. The van der Waals surface area contributed by atoms with E-state index in [4.69, 9.17) is 25.6 Å². The highest BCUT2D eigenvalue weighted by atomic mass is 35.5. The van der Waals surface area contributed by atoms with E-state index in [-0.39, 0.29) is 17.6 Å². The normalized spacial score (nSPS) is 26.3. The Morgan fingerprint density at radius 1 is 1.22 bits per heavy atom. The molecule has 12 nitrogen and oxygen atoms in total. The molecule has 0 bridgehead atoms. The maximum atomic E-state index is 12.3. The fourth-order valence-electron chi connectivity index (χ4n) is 4.56. The molecule has 5 rings (SSSR count). The number of fused-ring (bicyclic) bond motifs is 1. The van der Waals surface area contributed by atoms with E-state index in [1.54, 1.807) is 22.9 Å². The Morgan fingerprint density at radius 2 is 2.03 bits per heavy atom. The number of halogens is 1. The Balaban J connectivity index is 1.26. The van der Waals surface area contributed by atoms with E-state index < -0.39 is 38.5 Å². The zero-order valence-electron chi connectivity index (χ0n) is 19.2. The van der Waals surface area contributed by atoms with Gasteiger partial charge in [0.05, 0.1) is 18.2 Å². The van der Waals surface area contributed by atoms with Crippen molar-refractivity contribution in [1.29, 1.82) is 0 Å². The summed E-state index contributed by atoms with van der Waals surface area (Å²) in [5.41, 5.74) is 0.443. The van der Waals surface area contributed by atoms with Crippen molar-refractivity contribution in [3.05, 3.63) is 42.1 Å². The summed E-state index contributed by atoms with van der Waals surface area (Å²) in [6.07, 6.45) is 3.72. The lowest BCUT2D eigenvalue weighted by molar-refractivity contribution is -0.0610. The highest BCUT2D eigenvalue weighted by molar-refractivity contribution is 7.53. The highest BCUT2D eigenvalue weighted by Crippen LogP contribution is 2.42. The number of hydrogen-bond donors (Lipinski definition) is 4. The van der Waals surface area contributed by atoms with Crippen LogP contribution in [0.4, 0.5) is 5.82 Å². The van der Waals surface area contributed by atoms with Gasteiger partial charge in [0.15, 0.2) is 12.6 Å². The molecule has 4 heterocycles. The molecule has 1 aliphatic carbocycles. The number of anilines is 1. The van der Waals surface area contributed by atoms with Crippen LogP contribution in [0.5, 0.6) is 5.75 Å². The van der Waals surface area contributed by atoms with Crippen molar-refractivity contribution >= 4 is 36.0 Å². The van der Waals surface area contributed by atoms with Gasteiger partial charge in [-0.1, -0.05) is 12.8 Å². The summed E-state index contributed by atoms with van der Waals surface area (Å²) in [4.78, 5) is 22.5. The van der Waals surface area contributed by atoms with E-state index in [0.29, 0.717) is 22.9 Å². The van der Waals surface area contributed by atoms with Gasteiger partial charge in [-0.25, -0.2) is 9.55 Å². The van der Waals surface area contributed by atoms with Crippen LogP contribution >= 0.6 is 19.2 Å². The molecule has 0 radical (unpaired) electrons. The van der Waals surface area contributed by atoms with Crippen LogP contribution < -0.4 is 9.84 Å². The molecule has 0 spiro atoms. The molecule has 1 saturated carbocycles. The topological polar surface area (TPSA) is 161 Å². The third-order valence-electron chi connectivity index (χ3n) is 6.27. The average Bonchev–Trinajstić information content (AvgIpc) is 3.56. The van der Waals surface area contributed by atoms with Gasteiger partial charge in [-0.05, 0) is 42.6 Å². The molecule has 2 aliphatic rings. The fourth-order valence-corrected chi connectivity index (χ4v) is 5.55. The Labute approximate surface area is 211 Å². The Bertz CT molecular complexity index is 1240. The van der Waals surface area contributed by atoms with Gasteiger partial charge in [-0.3, -0.25) is 4.98 Å². The van der Waals surface area contributed by atoms with Crippen LogP contribution in [0.3, 0.4) is 0 Å². The van der Waals surface area contributed by atoms with E-state index in [0.717, 1.165) is 25.7 Å². The number of aliphatic hydroxyl groups is 2. The maximum absolute atomic E-state index is 12.3. The Morgan fingerprint density at radius 3 is 2.78 bits per heavy atom. The standard InChI is InChI=1S/C22H27ClN5O7P/c23-22-26-19(25-13-4-1-2-5-13)15-7-9-28(20(15)27-22)21-18(30)17(29)16(34-21)11-33-12-36(31,32)35-14-6-3-8-24-10-14/h3,6-10,13,16-18,21,29-30H,1-2,4-5,11-12H2,(H,31,32)(H,25,26,27)/t16-,17-,18-,21?/m1/s1. The molecule has 2 unspecified atom stereocenters. The number of ether oxygens (including phenoxy) is 2. The molecule has 3 aromatic heterocycles. The van der Waals surface area contributed by atoms with E-state index in [1.807, 2.05) is 0 Å². The largest absolute Gasteiger partial charge is 0.421 e. The smallest absolute Gasteiger partial charge is 0.402 e. The second-order valence-electron chi connectivity index (χ2n) is 8.89. The summed E-state index contributed by atoms with van der Waals surface area (Å²) in [7, 11) is -4.13. The third kappa shape index (κ3) is 5.50. The van der Waals surface area contributed by atoms with Gasteiger partial charge >= 0.3 is 7.60 Å². The number of nitrogens with one attached hydrogen (secondary N) is 1. The molecule has 36 heavy (non-hydrogen) atoms. The van der Waals surface area contributed by atoms with Crippen molar-refractivity contribution in [1.82, 2.24) is 19.5 Å². The first kappa shape index (κ1) is 25.3. The first-order valence-corrected chi connectivity index (χ1v) is 13.8. The molecule has 194 valence electrons. The van der Waals surface area contributed by atoms with Crippen LogP contribution in [0.2, 0.25) is 5.28 Å². The lowest BCUT2D eigenvalue weighted by Crippen LogP contribution is -2.34. The number of nitrogens with zero attached hydrogens (tertiary/aromatic N) is 4. The molecule has 0 amide bonds. The minimum Gasteiger partial charge on any atom is -0.421 e. The van der Waals surface area contributed by atoms with Crippen LogP contribution in [0, 0.1) is 0 Å². The number of aromatic nitrogens is 4. The zero-order chi connectivity index (χ0) is 25.3. The second kappa shape index (κ2) is 10.6. The predicted octanol–water partition coefficient (Wildman–Crippen LogP) is 2.69. The van der Waals surface area contributed by atoms with Crippen molar-refractivity contribution in [2.24, 2.45) is 0 Å². The number of hydrogen-bond acceptors (Lipinski definition) is 10. The van der Waals surface area contributed by atoms with Crippen molar-refractivity contribution in [2.75, 3.05) is 18.3 Å². The summed E-state index contributed by atoms with van der Waals surface area (Å²) in [6.45, 7) is -0.251. The zero-order valence-corrected chi connectivity index (χ0v) is 20.8. The van der Waals surface area contributed by atoms with Gasteiger partial charge < -0.3 is 39.0 Å². The fraction of sp³-hybridized carbons (Fsp3) is 0.500. The average molecular weight is 540 g/mol. The van der Waals surface area contributed by atoms with Crippen molar-refractivity contribution < 1.29 is 33.7 Å². The van der Waals surface area contributed by atoms with Crippen LogP contribution in [0.15, 0.2) is 36.8 Å². The van der Waals surface area contributed by atoms with Crippen molar-refractivity contribution in [3.63, 3.8) is 0 Å². The van der Waals surface area contributed by atoms with E-state index >= 15 is 0 Å². The quantitative estimate of drug-likeness (QED) is 0.234. The van der Waals surface area contributed by atoms with E-state index in [9.17, 15) is 19.7 Å². The summed E-state index contributed by atoms with van der Waals surface area (Å²) >= 11 is 6.19. The van der Waals surface area contributed by atoms with Gasteiger partial charge in [0, 0.05) is 18.4 Å². The summed E-state index contributed by atoms with van der Waals surface area (Å²) in [6, 6.07) is 5.17. The summed E-state index contributed by atoms with van der Waals surface area (Å²) in [5, 5.41) is 25.4. The van der Waals surface area contributed by atoms with Crippen LogP contribution in [-0.2, 0) is 14.0 Å². The van der Waals surface area contributed by atoms with Gasteiger partial charge in [0.1, 0.15) is 35.5 Å². The van der Waals surface area contributed by atoms with E-state index in [2.05, 4.69) is 20.3 Å². The minimum absolute atomic E-state index is 0.0446. The number of aliphatic hydroxyl groups excluding tert-OH is 2. The Kier molecular flexibility index (Phi) is 7.45. The maximum Gasteiger partial charge on any atom is 0.402 e. The van der Waals surface area contributed by atoms with Crippen molar-refractivity contribution in [2.45, 2.75) is 56.3 Å². The molecular weight excluding hydrogens is 513 g/mol. The summed E-state index contributed by atoms with van der Waals surface area (Å²) < 4.78 is 30.1. The molecular formula is C22H27ClN5O7P. The Hall–Kier alpha value is -2.31. The van der Waals surface area contributed by atoms with Crippen LogP contribution in [0.1, 0.15) is 31.9 Å². The molecule has 2 fully saturated rings. The number of pyridine rings is 1. The summed E-state index contributed by atoms with van der Waals surface area (Å²) in [5.74, 6) is 0.734. The molecule has 1 saturated heterocycles. The molecule has 3 aromatic rings. The van der Waals surface area contributed by atoms with Gasteiger partial charge in [-0.2, -0.15) is 4.98 Å². The third-order valence-corrected chi connectivity index (χ3v) is 7.44. The number of rotatable bonds is 9. The van der Waals surface area contributed by atoms with Crippen molar-refractivity contribution in [3.8, 4) is 5.75 Å². The van der Waals surface area contributed by atoms with Crippen LogP contribution in [-0.4, -0.2) is 71.9 Å².